The Morgan fingerprint density at radius 2 is 1.97 bits per heavy atom. The maximum Gasteiger partial charge on any atom is 0.410 e. The molecule has 1 spiro atoms. The first-order chi connectivity index (χ1) is 14.5. The SMILES string of the molecule is Cc1nccn1CCC(=O)N1CCC2(CC1)CN(C[C@H](C)c1ccccc1)C(=O)O2. The summed E-state index contributed by atoms with van der Waals surface area (Å²) < 4.78 is 7.83. The molecule has 30 heavy (non-hydrogen) atoms. The standard InChI is InChI=1S/C23H30N4O3/c1-18(20-6-4-3-5-7-20)16-27-17-23(30-22(27)29)9-13-26(14-10-23)21(28)8-12-25-15-11-24-19(25)2/h3-7,11,15,18H,8-10,12-14,16-17H2,1-2H3/t18-/m0/s1. The molecule has 7 heteroatoms. The number of hydrogen-bond acceptors (Lipinski definition) is 4. The van der Waals surface area contributed by atoms with Gasteiger partial charge in [-0.2, -0.15) is 0 Å². The van der Waals surface area contributed by atoms with Crippen LogP contribution in [0.5, 0.6) is 0 Å². The Hall–Kier alpha value is -2.83. The number of likely N-dealkylation sites (tertiary alicyclic amines) is 1. The number of ether oxygens (including phenoxy) is 1. The predicted octanol–water partition coefficient (Wildman–Crippen LogP) is 3.20. The molecule has 0 unspecified atom stereocenters. The Morgan fingerprint density at radius 3 is 2.63 bits per heavy atom. The van der Waals surface area contributed by atoms with Gasteiger partial charge in [0, 0.05) is 57.8 Å². The Morgan fingerprint density at radius 1 is 1.23 bits per heavy atom. The number of piperidine rings is 1. The van der Waals surface area contributed by atoms with E-state index in [0.29, 0.717) is 52.0 Å². The van der Waals surface area contributed by atoms with Crippen molar-refractivity contribution in [2.24, 2.45) is 0 Å². The summed E-state index contributed by atoms with van der Waals surface area (Å²) in [5, 5.41) is 0. The van der Waals surface area contributed by atoms with Gasteiger partial charge >= 0.3 is 6.09 Å². The first-order valence-electron chi connectivity index (χ1n) is 10.7. The van der Waals surface area contributed by atoms with Gasteiger partial charge in [-0.3, -0.25) is 4.79 Å². The van der Waals surface area contributed by atoms with E-state index in [1.54, 1.807) is 6.20 Å². The lowest BCUT2D eigenvalue weighted by molar-refractivity contribution is -0.134. The number of rotatable bonds is 6. The number of nitrogens with zero attached hydrogens (tertiary/aromatic N) is 4. The number of aromatic nitrogens is 2. The molecule has 1 atom stereocenters. The summed E-state index contributed by atoms with van der Waals surface area (Å²) in [6, 6.07) is 10.2. The zero-order chi connectivity index (χ0) is 21.1. The average molecular weight is 411 g/mol. The molecule has 160 valence electrons. The van der Waals surface area contributed by atoms with Crippen molar-refractivity contribution < 1.29 is 14.3 Å². The lowest BCUT2D eigenvalue weighted by Gasteiger charge is -2.37. The molecular weight excluding hydrogens is 380 g/mol. The smallest absolute Gasteiger partial charge is 0.410 e. The van der Waals surface area contributed by atoms with Gasteiger partial charge in [0.05, 0.1) is 6.54 Å². The number of imidazole rings is 1. The minimum Gasteiger partial charge on any atom is -0.441 e. The van der Waals surface area contributed by atoms with Crippen LogP contribution < -0.4 is 0 Å². The normalized spacial score (nSPS) is 19.2. The second-order valence-corrected chi connectivity index (χ2v) is 8.54. The fourth-order valence-electron chi connectivity index (χ4n) is 4.49. The van der Waals surface area contributed by atoms with E-state index in [-0.39, 0.29) is 17.9 Å². The Bertz CT molecular complexity index is 887. The van der Waals surface area contributed by atoms with Crippen molar-refractivity contribution in [2.45, 2.75) is 51.2 Å². The molecule has 0 N–H and O–H groups in total. The largest absolute Gasteiger partial charge is 0.441 e. The van der Waals surface area contributed by atoms with Gasteiger partial charge in [0.15, 0.2) is 0 Å². The monoisotopic (exact) mass is 410 g/mol. The third kappa shape index (κ3) is 4.35. The van der Waals surface area contributed by atoms with E-state index < -0.39 is 5.60 Å². The highest BCUT2D eigenvalue weighted by Gasteiger charge is 2.47. The maximum absolute atomic E-state index is 12.6. The maximum atomic E-state index is 12.6. The molecule has 2 amide bonds. The minimum atomic E-state index is -0.453. The summed E-state index contributed by atoms with van der Waals surface area (Å²) in [7, 11) is 0. The molecule has 2 aliphatic rings. The zero-order valence-corrected chi connectivity index (χ0v) is 17.8. The molecule has 1 aromatic heterocycles. The van der Waals surface area contributed by atoms with Crippen LogP contribution in [0.2, 0.25) is 0 Å². The lowest BCUT2D eigenvalue weighted by atomic mass is 9.90. The van der Waals surface area contributed by atoms with E-state index in [1.807, 2.05) is 45.7 Å². The van der Waals surface area contributed by atoms with Gasteiger partial charge in [0.1, 0.15) is 11.4 Å². The minimum absolute atomic E-state index is 0.150. The highest BCUT2D eigenvalue weighted by atomic mass is 16.6. The summed E-state index contributed by atoms with van der Waals surface area (Å²) in [6.07, 6.45) is 5.29. The number of hydrogen-bond donors (Lipinski definition) is 0. The van der Waals surface area contributed by atoms with Crippen LogP contribution in [0.15, 0.2) is 42.7 Å². The second kappa shape index (κ2) is 8.50. The number of carbonyl (C=O) groups is 2. The van der Waals surface area contributed by atoms with E-state index in [0.717, 1.165) is 5.82 Å². The first-order valence-corrected chi connectivity index (χ1v) is 10.7. The van der Waals surface area contributed by atoms with Crippen LogP contribution in [0.1, 0.15) is 43.5 Å². The summed E-state index contributed by atoms with van der Waals surface area (Å²) in [4.78, 5) is 33.1. The second-order valence-electron chi connectivity index (χ2n) is 8.54. The molecule has 3 heterocycles. The van der Waals surface area contributed by atoms with E-state index in [9.17, 15) is 9.59 Å². The van der Waals surface area contributed by atoms with Gasteiger partial charge in [0.2, 0.25) is 5.91 Å². The van der Waals surface area contributed by atoms with Crippen LogP contribution in [0.25, 0.3) is 0 Å². The first kappa shape index (κ1) is 20.4. The van der Waals surface area contributed by atoms with Crippen molar-refractivity contribution in [1.29, 1.82) is 0 Å². The molecule has 2 saturated heterocycles. The van der Waals surface area contributed by atoms with Crippen LogP contribution in [-0.4, -0.2) is 63.1 Å². The van der Waals surface area contributed by atoms with Crippen LogP contribution in [0.3, 0.4) is 0 Å². The molecular formula is C23H30N4O3. The van der Waals surface area contributed by atoms with Crippen molar-refractivity contribution in [2.75, 3.05) is 26.2 Å². The van der Waals surface area contributed by atoms with Gasteiger partial charge in [-0.1, -0.05) is 37.3 Å². The fraction of sp³-hybridized carbons (Fsp3) is 0.522. The van der Waals surface area contributed by atoms with Gasteiger partial charge in [-0.25, -0.2) is 9.78 Å². The highest BCUT2D eigenvalue weighted by Crippen LogP contribution is 2.34. The van der Waals surface area contributed by atoms with Crippen molar-refractivity contribution in [1.82, 2.24) is 19.4 Å². The third-order valence-electron chi connectivity index (χ3n) is 6.42. The molecule has 0 bridgehead atoms. The average Bonchev–Trinajstić information content (AvgIpc) is 3.29. The number of aryl methyl sites for hydroxylation is 2. The third-order valence-corrected chi connectivity index (χ3v) is 6.42. The fourth-order valence-corrected chi connectivity index (χ4v) is 4.49. The van der Waals surface area contributed by atoms with Crippen molar-refractivity contribution >= 4 is 12.0 Å². The molecule has 0 aliphatic carbocycles. The van der Waals surface area contributed by atoms with Crippen LogP contribution in [0, 0.1) is 6.92 Å². The van der Waals surface area contributed by atoms with E-state index in [1.165, 1.54) is 5.56 Å². The molecule has 7 nitrogen and oxygen atoms in total. The molecule has 2 fully saturated rings. The number of benzene rings is 1. The zero-order valence-electron chi connectivity index (χ0n) is 17.8. The Labute approximate surface area is 177 Å². The summed E-state index contributed by atoms with van der Waals surface area (Å²) in [6.45, 7) is 7.25. The van der Waals surface area contributed by atoms with Crippen molar-refractivity contribution in [3.05, 3.63) is 54.1 Å². The van der Waals surface area contributed by atoms with Crippen molar-refractivity contribution in [3.63, 3.8) is 0 Å². The molecule has 0 saturated carbocycles. The van der Waals surface area contributed by atoms with Crippen LogP contribution in [0.4, 0.5) is 4.79 Å². The number of amides is 2. The molecule has 0 radical (unpaired) electrons. The Balaban J connectivity index is 1.28. The lowest BCUT2D eigenvalue weighted by Crippen LogP contribution is -2.49. The predicted molar refractivity (Wildman–Crippen MR) is 113 cm³/mol. The van der Waals surface area contributed by atoms with Gasteiger partial charge < -0.3 is 19.1 Å². The van der Waals surface area contributed by atoms with E-state index in [2.05, 4.69) is 24.0 Å². The Kier molecular flexibility index (Phi) is 5.79. The molecule has 2 aliphatic heterocycles. The van der Waals surface area contributed by atoms with Crippen LogP contribution >= 0.6 is 0 Å². The molecule has 1 aromatic carbocycles. The summed E-state index contributed by atoms with van der Waals surface area (Å²) >= 11 is 0. The summed E-state index contributed by atoms with van der Waals surface area (Å²) in [5.74, 6) is 1.32. The van der Waals surface area contributed by atoms with Crippen LogP contribution in [-0.2, 0) is 16.1 Å². The van der Waals surface area contributed by atoms with E-state index in [4.69, 9.17) is 4.74 Å². The summed E-state index contributed by atoms with van der Waals surface area (Å²) in [5.41, 5.74) is 0.769. The number of carbonyl (C=O) groups excluding carboxylic acids is 2. The van der Waals surface area contributed by atoms with E-state index >= 15 is 0 Å². The van der Waals surface area contributed by atoms with Gasteiger partial charge in [0.25, 0.3) is 0 Å². The highest BCUT2D eigenvalue weighted by molar-refractivity contribution is 5.76. The molecule has 4 rings (SSSR count). The molecule has 2 aromatic rings. The van der Waals surface area contributed by atoms with Gasteiger partial charge in [-0.15, -0.1) is 0 Å². The quantitative estimate of drug-likeness (QED) is 0.733. The van der Waals surface area contributed by atoms with Crippen molar-refractivity contribution in [3.8, 4) is 0 Å². The van der Waals surface area contributed by atoms with Gasteiger partial charge in [-0.05, 0) is 18.4 Å². The topological polar surface area (TPSA) is 67.7 Å².